The Bertz CT molecular complexity index is 1010. The van der Waals surface area contributed by atoms with E-state index < -0.39 is 5.76 Å². The van der Waals surface area contributed by atoms with Crippen LogP contribution in [0.1, 0.15) is 11.5 Å². The van der Waals surface area contributed by atoms with Crippen molar-refractivity contribution in [3.05, 3.63) is 63.8 Å². The van der Waals surface area contributed by atoms with Crippen molar-refractivity contribution in [2.24, 2.45) is 0 Å². The zero-order valence-electron chi connectivity index (χ0n) is 12.7. The summed E-state index contributed by atoms with van der Waals surface area (Å²) in [5, 5.41) is 13.8. The topological polar surface area (TPSA) is 87.0 Å². The van der Waals surface area contributed by atoms with Crippen LogP contribution in [0.15, 0.2) is 55.5 Å². The van der Waals surface area contributed by atoms with Crippen LogP contribution in [-0.4, -0.2) is 19.9 Å². The van der Waals surface area contributed by atoms with Gasteiger partial charge in [0.15, 0.2) is 5.82 Å². The van der Waals surface area contributed by atoms with Gasteiger partial charge >= 0.3 is 5.76 Å². The van der Waals surface area contributed by atoms with E-state index in [1.54, 1.807) is 0 Å². The third kappa shape index (κ3) is 2.67. The molecule has 0 aliphatic heterocycles. The smallest absolute Gasteiger partial charge is 0.419 e. The van der Waals surface area contributed by atoms with Crippen LogP contribution in [0.4, 0.5) is 0 Å². The molecule has 0 bridgehead atoms. The molecule has 0 aliphatic carbocycles. The van der Waals surface area contributed by atoms with Gasteiger partial charge in [0.05, 0.1) is 4.88 Å². The van der Waals surface area contributed by atoms with Crippen LogP contribution in [0.2, 0.25) is 0 Å². The number of rotatable bonds is 4. The Morgan fingerprint density at radius 3 is 2.75 bits per heavy atom. The molecule has 0 N–H and O–H groups in total. The molecule has 0 radical (unpaired) electrons. The van der Waals surface area contributed by atoms with Crippen LogP contribution in [0.5, 0.6) is 0 Å². The minimum absolute atomic E-state index is 0.106. The van der Waals surface area contributed by atoms with Crippen molar-refractivity contribution >= 4 is 11.3 Å². The van der Waals surface area contributed by atoms with Gasteiger partial charge in [0.1, 0.15) is 6.54 Å². The summed E-state index contributed by atoms with van der Waals surface area (Å²) in [7, 11) is 0. The van der Waals surface area contributed by atoms with Crippen LogP contribution in [0.25, 0.3) is 22.2 Å². The predicted octanol–water partition coefficient (Wildman–Crippen LogP) is 2.97. The van der Waals surface area contributed by atoms with Crippen molar-refractivity contribution < 1.29 is 8.94 Å². The summed E-state index contributed by atoms with van der Waals surface area (Å²) < 4.78 is 11.8. The molecule has 3 aromatic heterocycles. The van der Waals surface area contributed by atoms with Gasteiger partial charge in [0.25, 0.3) is 0 Å². The zero-order valence-corrected chi connectivity index (χ0v) is 13.5. The average molecular weight is 340 g/mol. The molecular formula is C16H12N4O3S. The SMILES string of the molecule is Cc1ccc(-c2nnc(Cn3c(-c4cccs4)noc3=O)o2)cc1. The van der Waals surface area contributed by atoms with Crippen molar-refractivity contribution in [1.82, 2.24) is 19.9 Å². The highest BCUT2D eigenvalue weighted by Crippen LogP contribution is 2.23. The first kappa shape index (κ1) is 14.6. The number of thiophene rings is 1. The summed E-state index contributed by atoms with van der Waals surface area (Å²) >= 11 is 1.47. The molecule has 0 saturated heterocycles. The van der Waals surface area contributed by atoms with Gasteiger partial charge in [-0.2, -0.15) is 0 Å². The van der Waals surface area contributed by atoms with E-state index in [0.717, 1.165) is 16.0 Å². The van der Waals surface area contributed by atoms with Gasteiger partial charge in [0, 0.05) is 5.56 Å². The summed E-state index contributed by atoms with van der Waals surface area (Å²) in [5.41, 5.74) is 1.98. The highest BCUT2D eigenvalue weighted by atomic mass is 32.1. The molecule has 0 unspecified atom stereocenters. The van der Waals surface area contributed by atoms with Crippen molar-refractivity contribution in [3.8, 4) is 22.2 Å². The highest BCUT2D eigenvalue weighted by molar-refractivity contribution is 7.13. The summed E-state index contributed by atoms with van der Waals surface area (Å²) in [6, 6.07) is 11.5. The van der Waals surface area contributed by atoms with E-state index in [4.69, 9.17) is 8.94 Å². The number of hydrogen-bond donors (Lipinski definition) is 0. The van der Waals surface area contributed by atoms with Crippen LogP contribution in [0, 0.1) is 6.92 Å². The molecule has 120 valence electrons. The summed E-state index contributed by atoms with van der Waals surface area (Å²) in [6.45, 7) is 2.11. The Kier molecular flexibility index (Phi) is 3.58. The third-order valence-electron chi connectivity index (χ3n) is 3.49. The van der Waals surface area contributed by atoms with E-state index >= 15 is 0 Å². The largest absolute Gasteiger partial charge is 0.442 e. The number of hydrogen-bond acceptors (Lipinski definition) is 7. The van der Waals surface area contributed by atoms with Crippen LogP contribution in [0.3, 0.4) is 0 Å². The van der Waals surface area contributed by atoms with Crippen LogP contribution < -0.4 is 5.76 Å². The van der Waals surface area contributed by atoms with Crippen LogP contribution >= 0.6 is 11.3 Å². The highest BCUT2D eigenvalue weighted by Gasteiger charge is 2.17. The second-order valence-corrected chi connectivity index (χ2v) is 6.15. The Hall–Kier alpha value is -3.00. The van der Waals surface area contributed by atoms with E-state index in [-0.39, 0.29) is 6.54 Å². The monoisotopic (exact) mass is 340 g/mol. The summed E-state index contributed by atoms with van der Waals surface area (Å²) in [5.74, 6) is 0.611. The molecule has 4 rings (SSSR count). The molecule has 0 saturated carbocycles. The first-order valence-electron chi connectivity index (χ1n) is 7.20. The van der Waals surface area contributed by atoms with Gasteiger partial charge in [-0.15, -0.1) is 21.5 Å². The lowest BCUT2D eigenvalue weighted by atomic mass is 10.1. The van der Waals surface area contributed by atoms with Crippen molar-refractivity contribution in [2.45, 2.75) is 13.5 Å². The Balaban J connectivity index is 1.64. The molecule has 8 heteroatoms. The van der Waals surface area contributed by atoms with Gasteiger partial charge in [-0.05, 0) is 30.5 Å². The van der Waals surface area contributed by atoms with Crippen molar-refractivity contribution in [1.29, 1.82) is 0 Å². The summed E-state index contributed by atoms with van der Waals surface area (Å²) in [4.78, 5) is 12.7. The number of benzene rings is 1. The lowest BCUT2D eigenvalue weighted by Crippen LogP contribution is -2.16. The molecule has 0 amide bonds. The first-order valence-corrected chi connectivity index (χ1v) is 8.08. The third-order valence-corrected chi connectivity index (χ3v) is 4.35. The standard InChI is InChI=1S/C16H12N4O3S/c1-10-4-6-11(7-5-10)15-18-17-13(22-15)9-20-14(19-23-16(20)21)12-3-2-8-24-12/h2-8H,9H2,1H3. The minimum atomic E-state index is -0.562. The van der Waals surface area contributed by atoms with E-state index in [9.17, 15) is 4.79 Å². The normalized spacial score (nSPS) is 11.0. The number of aromatic nitrogens is 4. The van der Waals surface area contributed by atoms with E-state index in [0.29, 0.717) is 17.6 Å². The maximum Gasteiger partial charge on any atom is 0.442 e. The van der Waals surface area contributed by atoms with E-state index in [2.05, 4.69) is 15.4 Å². The second-order valence-electron chi connectivity index (χ2n) is 5.20. The van der Waals surface area contributed by atoms with Gasteiger partial charge < -0.3 is 4.42 Å². The average Bonchev–Trinajstić information content (AvgIpc) is 3.31. The van der Waals surface area contributed by atoms with Gasteiger partial charge in [-0.1, -0.05) is 28.9 Å². The maximum atomic E-state index is 11.9. The first-order chi connectivity index (χ1) is 11.7. The fourth-order valence-corrected chi connectivity index (χ4v) is 2.97. The molecule has 0 atom stereocenters. The molecule has 7 nitrogen and oxygen atoms in total. The van der Waals surface area contributed by atoms with Crippen molar-refractivity contribution in [3.63, 3.8) is 0 Å². The quantitative estimate of drug-likeness (QED) is 0.567. The molecule has 3 heterocycles. The Morgan fingerprint density at radius 1 is 1.17 bits per heavy atom. The number of aryl methyl sites for hydroxylation is 1. The lowest BCUT2D eigenvalue weighted by Gasteiger charge is -1.99. The lowest BCUT2D eigenvalue weighted by molar-refractivity contribution is 0.374. The zero-order chi connectivity index (χ0) is 16.5. The molecule has 0 fully saturated rings. The molecular weight excluding hydrogens is 328 g/mol. The fraction of sp³-hybridized carbons (Fsp3) is 0.125. The second kappa shape index (κ2) is 5.89. The minimum Gasteiger partial charge on any atom is -0.419 e. The summed E-state index contributed by atoms with van der Waals surface area (Å²) in [6.07, 6.45) is 0. The molecule has 24 heavy (non-hydrogen) atoms. The van der Waals surface area contributed by atoms with Crippen LogP contribution in [-0.2, 0) is 6.54 Å². The Morgan fingerprint density at radius 2 is 2.00 bits per heavy atom. The molecule has 1 aromatic carbocycles. The van der Waals surface area contributed by atoms with Gasteiger partial charge in [-0.3, -0.25) is 4.52 Å². The molecule has 0 aliphatic rings. The fourth-order valence-electron chi connectivity index (χ4n) is 2.26. The predicted molar refractivity (Wildman–Crippen MR) is 87.6 cm³/mol. The molecule has 4 aromatic rings. The number of nitrogens with zero attached hydrogens (tertiary/aromatic N) is 4. The van der Waals surface area contributed by atoms with Gasteiger partial charge in [-0.25, -0.2) is 9.36 Å². The maximum absolute atomic E-state index is 11.9. The van der Waals surface area contributed by atoms with E-state index in [1.807, 2.05) is 48.7 Å². The van der Waals surface area contributed by atoms with E-state index in [1.165, 1.54) is 15.9 Å². The van der Waals surface area contributed by atoms with Gasteiger partial charge in [0.2, 0.25) is 11.8 Å². The Labute approximate surface area is 140 Å². The van der Waals surface area contributed by atoms with Crippen molar-refractivity contribution in [2.75, 3.05) is 0 Å². The molecule has 0 spiro atoms.